The van der Waals surface area contributed by atoms with E-state index >= 15 is 0 Å². The number of ether oxygens (including phenoxy) is 1. The molecule has 1 aliphatic heterocycles. The molecule has 1 saturated heterocycles. The molecule has 0 aromatic heterocycles. The fourth-order valence-corrected chi connectivity index (χ4v) is 2.41. The monoisotopic (exact) mass is 241 g/mol. The zero-order chi connectivity index (χ0) is 12.7. The molecule has 1 heterocycles. The van der Waals surface area contributed by atoms with Crippen molar-refractivity contribution in [2.45, 2.75) is 52.1 Å². The number of hydrogen-bond acceptors (Lipinski definition) is 3. The Morgan fingerprint density at radius 2 is 2.12 bits per heavy atom. The van der Waals surface area contributed by atoms with E-state index < -0.39 is 0 Å². The van der Waals surface area contributed by atoms with E-state index in [4.69, 9.17) is 4.74 Å². The molecule has 0 aromatic rings. The molecule has 1 fully saturated rings. The van der Waals surface area contributed by atoms with E-state index in [1.165, 1.54) is 0 Å². The lowest BCUT2D eigenvalue weighted by molar-refractivity contribution is -0.132. The van der Waals surface area contributed by atoms with Gasteiger partial charge in [0, 0.05) is 26.1 Å². The number of ketones is 1. The summed E-state index contributed by atoms with van der Waals surface area (Å²) in [5.74, 6) is 0.506. The van der Waals surface area contributed by atoms with Crippen LogP contribution in [0.5, 0.6) is 0 Å². The van der Waals surface area contributed by atoms with Gasteiger partial charge in [0.2, 0.25) is 0 Å². The Hall–Kier alpha value is -0.410. The maximum absolute atomic E-state index is 12.2. The first kappa shape index (κ1) is 14.7. The Morgan fingerprint density at radius 3 is 2.76 bits per heavy atom. The molecule has 17 heavy (non-hydrogen) atoms. The van der Waals surface area contributed by atoms with E-state index in [-0.39, 0.29) is 12.0 Å². The topological polar surface area (TPSA) is 29.5 Å². The van der Waals surface area contributed by atoms with Crippen LogP contribution in [-0.2, 0) is 9.53 Å². The first-order valence-corrected chi connectivity index (χ1v) is 7.01. The standard InChI is InChI=1S/C14H27NO2/c1-4-6-7-13(16)12-11-15(3)9-8-14(12)17-10-5-2/h12,14H,4-11H2,1-3H3. The van der Waals surface area contributed by atoms with Gasteiger partial charge in [0.25, 0.3) is 0 Å². The number of nitrogens with zero attached hydrogens (tertiary/aromatic N) is 1. The maximum Gasteiger partial charge on any atom is 0.139 e. The molecule has 0 aliphatic carbocycles. The summed E-state index contributed by atoms with van der Waals surface area (Å²) in [5, 5.41) is 0. The lowest BCUT2D eigenvalue weighted by Gasteiger charge is -2.35. The minimum absolute atomic E-state index is 0.104. The van der Waals surface area contributed by atoms with Crippen LogP contribution in [0, 0.1) is 5.92 Å². The third-order valence-corrected chi connectivity index (χ3v) is 3.48. The third-order valence-electron chi connectivity index (χ3n) is 3.48. The highest BCUT2D eigenvalue weighted by atomic mass is 16.5. The number of Topliss-reactive ketones (excluding diaryl/α,β-unsaturated/α-hetero) is 1. The van der Waals surface area contributed by atoms with Crippen molar-refractivity contribution < 1.29 is 9.53 Å². The van der Waals surface area contributed by atoms with E-state index in [0.717, 1.165) is 51.8 Å². The highest BCUT2D eigenvalue weighted by Gasteiger charge is 2.32. The van der Waals surface area contributed by atoms with Crippen LogP contribution in [0.25, 0.3) is 0 Å². The van der Waals surface area contributed by atoms with Crippen LogP contribution in [0.15, 0.2) is 0 Å². The van der Waals surface area contributed by atoms with Gasteiger partial charge < -0.3 is 9.64 Å². The number of piperidine rings is 1. The van der Waals surface area contributed by atoms with Gasteiger partial charge in [-0.15, -0.1) is 0 Å². The number of likely N-dealkylation sites (tertiary alicyclic amines) is 1. The number of hydrogen-bond donors (Lipinski definition) is 0. The predicted octanol–water partition coefficient (Wildman–Crippen LogP) is 2.49. The Labute approximate surface area is 106 Å². The fourth-order valence-electron chi connectivity index (χ4n) is 2.41. The molecule has 0 spiro atoms. The van der Waals surface area contributed by atoms with Crippen molar-refractivity contribution in [3.8, 4) is 0 Å². The summed E-state index contributed by atoms with van der Waals surface area (Å²) in [4.78, 5) is 14.4. The summed E-state index contributed by atoms with van der Waals surface area (Å²) < 4.78 is 5.85. The first-order valence-electron chi connectivity index (χ1n) is 7.01. The van der Waals surface area contributed by atoms with Gasteiger partial charge in [0.1, 0.15) is 5.78 Å². The lowest BCUT2D eigenvalue weighted by atomic mass is 9.88. The Morgan fingerprint density at radius 1 is 1.35 bits per heavy atom. The SMILES string of the molecule is CCCCC(=O)C1CN(C)CCC1OCCC. The van der Waals surface area contributed by atoms with E-state index in [1.54, 1.807) is 0 Å². The summed E-state index contributed by atoms with van der Waals surface area (Å²) in [5.41, 5.74) is 0. The van der Waals surface area contributed by atoms with Crippen molar-refractivity contribution in [2.75, 3.05) is 26.7 Å². The van der Waals surface area contributed by atoms with Crippen LogP contribution >= 0.6 is 0 Å². The van der Waals surface area contributed by atoms with Crippen LogP contribution in [0.4, 0.5) is 0 Å². The van der Waals surface area contributed by atoms with Gasteiger partial charge in [-0.1, -0.05) is 20.3 Å². The van der Waals surface area contributed by atoms with Crippen LogP contribution in [0.1, 0.15) is 46.0 Å². The molecule has 2 unspecified atom stereocenters. The predicted molar refractivity (Wildman–Crippen MR) is 70.2 cm³/mol. The summed E-state index contributed by atoms with van der Waals surface area (Å²) in [6, 6.07) is 0. The molecule has 0 aromatic carbocycles. The normalized spacial score (nSPS) is 26.1. The zero-order valence-corrected chi connectivity index (χ0v) is 11.6. The van der Waals surface area contributed by atoms with Crippen molar-refractivity contribution in [1.29, 1.82) is 0 Å². The number of rotatable bonds is 7. The summed E-state index contributed by atoms with van der Waals surface area (Å²) in [6.07, 6.45) is 5.02. The molecule has 100 valence electrons. The quantitative estimate of drug-likeness (QED) is 0.686. The average Bonchev–Trinajstić information content (AvgIpc) is 2.34. The molecule has 1 rings (SSSR count). The second-order valence-corrected chi connectivity index (χ2v) is 5.14. The molecular weight excluding hydrogens is 214 g/mol. The van der Waals surface area contributed by atoms with Gasteiger partial charge in [0.05, 0.1) is 12.0 Å². The van der Waals surface area contributed by atoms with Crippen LogP contribution in [0.3, 0.4) is 0 Å². The molecule has 0 bridgehead atoms. The average molecular weight is 241 g/mol. The number of carbonyl (C=O) groups excluding carboxylic acids is 1. The second kappa shape index (κ2) is 7.83. The van der Waals surface area contributed by atoms with Gasteiger partial charge in [0.15, 0.2) is 0 Å². The smallest absolute Gasteiger partial charge is 0.139 e. The largest absolute Gasteiger partial charge is 0.377 e. The number of unbranched alkanes of at least 4 members (excludes halogenated alkanes) is 1. The summed E-state index contributed by atoms with van der Waals surface area (Å²) in [7, 11) is 2.09. The van der Waals surface area contributed by atoms with Crippen molar-refractivity contribution in [3.63, 3.8) is 0 Å². The minimum atomic E-state index is 0.104. The molecule has 0 N–H and O–H groups in total. The molecule has 3 nitrogen and oxygen atoms in total. The molecule has 0 radical (unpaired) electrons. The fraction of sp³-hybridized carbons (Fsp3) is 0.929. The van der Waals surface area contributed by atoms with E-state index in [1.807, 2.05) is 0 Å². The van der Waals surface area contributed by atoms with Gasteiger partial charge in [-0.3, -0.25) is 4.79 Å². The highest BCUT2D eigenvalue weighted by molar-refractivity contribution is 5.81. The second-order valence-electron chi connectivity index (χ2n) is 5.14. The minimum Gasteiger partial charge on any atom is -0.377 e. The Kier molecular flexibility index (Phi) is 6.75. The van der Waals surface area contributed by atoms with Crippen molar-refractivity contribution in [3.05, 3.63) is 0 Å². The molecule has 3 heteroatoms. The van der Waals surface area contributed by atoms with Gasteiger partial charge in [-0.05, 0) is 26.3 Å². The van der Waals surface area contributed by atoms with E-state index in [0.29, 0.717) is 5.78 Å². The molecular formula is C14H27NO2. The van der Waals surface area contributed by atoms with E-state index in [9.17, 15) is 4.79 Å². The van der Waals surface area contributed by atoms with E-state index in [2.05, 4.69) is 25.8 Å². The molecule has 0 saturated carbocycles. The zero-order valence-electron chi connectivity index (χ0n) is 11.6. The highest BCUT2D eigenvalue weighted by Crippen LogP contribution is 2.22. The Balaban J connectivity index is 2.51. The van der Waals surface area contributed by atoms with Crippen molar-refractivity contribution >= 4 is 5.78 Å². The van der Waals surface area contributed by atoms with Crippen molar-refractivity contribution in [1.82, 2.24) is 4.90 Å². The first-order chi connectivity index (χ1) is 8.19. The van der Waals surface area contributed by atoms with Gasteiger partial charge >= 0.3 is 0 Å². The lowest BCUT2D eigenvalue weighted by Crippen LogP contribution is -2.46. The maximum atomic E-state index is 12.2. The van der Waals surface area contributed by atoms with Crippen LogP contribution in [-0.4, -0.2) is 43.5 Å². The van der Waals surface area contributed by atoms with Crippen molar-refractivity contribution in [2.24, 2.45) is 5.92 Å². The molecule has 1 aliphatic rings. The Bertz CT molecular complexity index is 228. The van der Waals surface area contributed by atoms with Crippen LogP contribution < -0.4 is 0 Å². The van der Waals surface area contributed by atoms with Gasteiger partial charge in [-0.25, -0.2) is 0 Å². The molecule has 0 amide bonds. The molecule has 2 atom stereocenters. The number of carbonyl (C=O) groups is 1. The van der Waals surface area contributed by atoms with Crippen LogP contribution in [0.2, 0.25) is 0 Å². The van der Waals surface area contributed by atoms with Gasteiger partial charge in [-0.2, -0.15) is 0 Å². The third kappa shape index (κ3) is 4.76. The summed E-state index contributed by atoms with van der Waals surface area (Å²) >= 11 is 0. The summed E-state index contributed by atoms with van der Waals surface area (Å²) in [6.45, 7) is 6.95.